The van der Waals surface area contributed by atoms with Crippen LogP contribution in [0.3, 0.4) is 0 Å². The first kappa shape index (κ1) is 30.9. The van der Waals surface area contributed by atoms with Crippen LogP contribution in [0.15, 0.2) is 59.7 Å². The Hall–Kier alpha value is -4.07. The van der Waals surface area contributed by atoms with E-state index in [1.54, 1.807) is 36.6 Å². The van der Waals surface area contributed by atoms with Crippen molar-refractivity contribution in [2.24, 2.45) is 7.05 Å². The van der Waals surface area contributed by atoms with Crippen LogP contribution in [-0.4, -0.2) is 83.2 Å². The molecule has 0 amide bonds. The Morgan fingerprint density at radius 1 is 1.00 bits per heavy atom. The molecule has 2 N–H and O–H groups in total. The maximum atomic E-state index is 12.1. The van der Waals surface area contributed by atoms with E-state index >= 15 is 0 Å². The average Bonchev–Trinajstić information content (AvgIpc) is 3.45. The van der Waals surface area contributed by atoms with Crippen LogP contribution in [0.1, 0.15) is 0 Å². The van der Waals surface area contributed by atoms with Gasteiger partial charge in [0.15, 0.2) is 15.6 Å². The van der Waals surface area contributed by atoms with E-state index in [1.165, 1.54) is 0 Å². The zero-order valence-corrected chi connectivity index (χ0v) is 28.3. The van der Waals surface area contributed by atoms with E-state index in [2.05, 4.69) is 51.5 Å². The molecule has 0 saturated carbocycles. The molecule has 2 aromatic carbocycles. The van der Waals surface area contributed by atoms with Crippen LogP contribution in [0.2, 0.25) is 0 Å². The number of nitrogens with zero attached hydrogens (tertiary/aromatic N) is 7. The van der Waals surface area contributed by atoms with Gasteiger partial charge in [-0.15, -0.1) is 0 Å². The Labute approximate surface area is 270 Å². The minimum Gasteiger partial charge on any atom is -0.494 e. The van der Waals surface area contributed by atoms with Gasteiger partial charge in [0.2, 0.25) is 5.95 Å². The lowest BCUT2D eigenvalue weighted by molar-refractivity contribution is 0.417. The second-order valence-corrected chi connectivity index (χ2v) is 15.5. The highest BCUT2D eigenvalue weighted by molar-refractivity contribution is 9.10. The highest BCUT2D eigenvalue weighted by atomic mass is 79.9. The van der Waals surface area contributed by atoms with Gasteiger partial charge in [0, 0.05) is 67.8 Å². The van der Waals surface area contributed by atoms with E-state index in [4.69, 9.17) is 14.2 Å². The standard InChI is InChI=1S/C29H31BrN9O4PS/c1-38-17-18(15-34-38)19-13-23(25(42-2)14-24(19)39-9-11-45(40,41)12-10-39)36-29-33-16-20(30)28(37-29)35-22-6-5-21-26(32-8-7-31-21)27(22)43-44(3)4/h5-8,13-17H,9-12H2,1-4H3,(H2,33,35,36,37). The molecule has 6 rings (SSSR count). The van der Waals surface area contributed by atoms with Crippen molar-refractivity contribution in [1.82, 2.24) is 29.7 Å². The van der Waals surface area contributed by atoms with E-state index in [9.17, 15) is 8.42 Å². The summed E-state index contributed by atoms with van der Waals surface area (Å²) in [6, 6.07) is 7.63. The van der Waals surface area contributed by atoms with Gasteiger partial charge in [0.05, 0.1) is 54.3 Å². The molecule has 1 saturated heterocycles. The third-order valence-electron chi connectivity index (χ3n) is 7.13. The van der Waals surface area contributed by atoms with E-state index < -0.39 is 18.0 Å². The molecule has 0 spiro atoms. The summed E-state index contributed by atoms with van der Waals surface area (Å²) in [5.74, 6) is 2.17. The second kappa shape index (κ2) is 12.7. The fraction of sp³-hybridized carbons (Fsp3) is 0.276. The second-order valence-electron chi connectivity index (χ2n) is 10.5. The van der Waals surface area contributed by atoms with Crippen molar-refractivity contribution in [2.45, 2.75) is 0 Å². The maximum Gasteiger partial charge on any atom is 0.229 e. The van der Waals surface area contributed by atoms with Crippen molar-refractivity contribution in [2.75, 3.05) is 60.6 Å². The van der Waals surface area contributed by atoms with Gasteiger partial charge < -0.3 is 24.8 Å². The fourth-order valence-electron chi connectivity index (χ4n) is 4.99. The Morgan fingerprint density at radius 2 is 1.78 bits per heavy atom. The molecule has 1 aliphatic rings. The molecule has 45 heavy (non-hydrogen) atoms. The zero-order valence-electron chi connectivity index (χ0n) is 25.0. The number of sulfone groups is 1. The maximum absolute atomic E-state index is 12.1. The summed E-state index contributed by atoms with van der Waals surface area (Å²) >= 11 is 3.57. The lowest BCUT2D eigenvalue weighted by atomic mass is 10.0. The number of aromatic nitrogens is 6. The predicted molar refractivity (Wildman–Crippen MR) is 181 cm³/mol. The Morgan fingerprint density at radius 3 is 2.49 bits per heavy atom. The van der Waals surface area contributed by atoms with Crippen LogP contribution in [-0.2, 0) is 16.9 Å². The van der Waals surface area contributed by atoms with Gasteiger partial charge in [-0.1, -0.05) is 0 Å². The van der Waals surface area contributed by atoms with Crippen LogP contribution >= 0.6 is 24.1 Å². The number of aryl methyl sites for hydroxylation is 1. The molecule has 0 aliphatic carbocycles. The smallest absolute Gasteiger partial charge is 0.229 e. The summed E-state index contributed by atoms with van der Waals surface area (Å²) in [6.07, 6.45) is 8.64. The molecular weight excluding hydrogens is 681 g/mol. The molecule has 0 bridgehead atoms. The molecule has 13 nitrogen and oxygen atoms in total. The first-order valence-electron chi connectivity index (χ1n) is 13.9. The van der Waals surface area contributed by atoms with E-state index in [1.807, 2.05) is 50.8 Å². The summed E-state index contributed by atoms with van der Waals surface area (Å²) in [5, 5.41) is 11.0. The van der Waals surface area contributed by atoms with Crippen LogP contribution in [0, 0.1) is 0 Å². The molecule has 3 aromatic heterocycles. The molecule has 1 fully saturated rings. The third kappa shape index (κ3) is 6.80. The Bertz CT molecular complexity index is 1980. The van der Waals surface area contributed by atoms with E-state index in [0.717, 1.165) is 22.3 Å². The summed E-state index contributed by atoms with van der Waals surface area (Å²) in [5.41, 5.74) is 5.31. The monoisotopic (exact) mass is 711 g/mol. The van der Waals surface area contributed by atoms with Gasteiger partial charge >= 0.3 is 0 Å². The van der Waals surface area contributed by atoms with Crippen LogP contribution in [0.25, 0.3) is 22.2 Å². The lowest BCUT2D eigenvalue weighted by Gasteiger charge is -2.31. The predicted octanol–water partition coefficient (Wildman–Crippen LogP) is 5.35. The van der Waals surface area contributed by atoms with Crippen molar-refractivity contribution in [3.63, 3.8) is 0 Å². The number of nitrogens with one attached hydrogen (secondary N) is 2. The number of halogens is 1. The fourth-order valence-corrected chi connectivity index (χ4v) is 7.03. The number of anilines is 5. The quantitative estimate of drug-likeness (QED) is 0.190. The van der Waals surface area contributed by atoms with Crippen molar-refractivity contribution in [3.8, 4) is 22.6 Å². The Kier molecular flexibility index (Phi) is 8.76. The van der Waals surface area contributed by atoms with Gasteiger partial charge in [-0.3, -0.25) is 9.67 Å². The minimum atomic E-state index is -3.05. The molecule has 16 heteroatoms. The molecular formula is C29H31BrN9O4PS. The number of benzene rings is 2. The molecule has 234 valence electrons. The van der Waals surface area contributed by atoms with Gasteiger partial charge in [0.25, 0.3) is 0 Å². The number of methoxy groups -OCH3 is 1. The normalized spacial score (nSPS) is 14.5. The molecule has 4 heterocycles. The van der Waals surface area contributed by atoms with Crippen molar-refractivity contribution < 1.29 is 17.7 Å². The van der Waals surface area contributed by atoms with Gasteiger partial charge in [-0.05, 0) is 47.5 Å². The number of fused-ring (bicyclic) bond motifs is 1. The van der Waals surface area contributed by atoms with Crippen LogP contribution in [0.5, 0.6) is 11.5 Å². The zero-order chi connectivity index (χ0) is 31.7. The molecule has 0 radical (unpaired) electrons. The number of hydrogen-bond donors (Lipinski definition) is 2. The topological polar surface area (TPSA) is 149 Å². The van der Waals surface area contributed by atoms with Gasteiger partial charge in [-0.2, -0.15) is 10.1 Å². The Balaban J connectivity index is 1.36. The SMILES string of the molecule is COc1cc(N2CCS(=O)(=O)CC2)c(-c2cnn(C)c2)cc1Nc1ncc(Br)c(Nc2ccc3nccnc3c2OP(C)C)n1. The number of hydrogen-bond acceptors (Lipinski definition) is 12. The average molecular weight is 713 g/mol. The molecule has 1 aliphatic heterocycles. The lowest BCUT2D eigenvalue weighted by Crippen LogP contribution is -2.40. The highest BCUT2D eigenvalue weighted by Gasteiger charge is 2.26. The van der Waals surface area contributed by atoms with Crippen molar-refractivity contribution in [1.29, 1.82) is 0 Å². The highest BCUT2D eigenvalue weighted by Crippen LogP contribution is 2.43. The summed E-state index contributed by atoms with van der Waals surface area (Å²) < 4.78 is 38.7. The van der Waals surface area contributed by atoms with Crippen molar-refractivity contribution in [3.05, 3.63) is 59.7 Å². The van der Waals surface area contributed by atoms with Crippen LogP contribution in [0.4, 0.5) is 28.8 Å². The van der Waals surface area contributed by atoms with Gasteiger partial charge in [-0.25, -0.2) is 18.4 Å². The van der Waals surface area contributed by atoms with E-state index in [-0.39, 0.29) is 11.5 Å². The van der Waals surface area contributed by atoms with E-state index in [0.29, 0.717) is 57.7 Å². The minimum absolute atomic E-state index is 0.0963. The summed E-state index contributed by atoms with van der Waals surface area (Å²) in [4.78, 5) is 20.2. The summed E-state index contributed by atoms with van der Waals surface area (Å²) in [7, 11) is -0.359. The first-order valence-corrected chi connectivity index (χ1v) is 18.7. The molecule has 5 aromatic rings. The largest absolute Gasteiger partial charge is 0.494 e. The van der Waals surface area contributed by atoms with Crippen molar-refractivity contribution >= 4 is 73.8 Å². The number of ether oxygens (including phenoxy) is 1. The third-order valence-corrected chi connectivity index (χ3v) is 9.87. The molecule has 0 atom stereocenters. The number of rotatable bonds is 9. The molecule has 0 unspecified atom stereocenters. The summed E-state index contributed by atoms with van der Waals surface area (Å²) in [6.45, 7) is 4.81. The first-order chi connectivity index (χ1) is 21.6. The van der Waals surface area contributed by atoms with Gasteiger partial charge in [0.1, 0.15) is 17.1 Å². The van der Waals surface area contributed by atoms with Crippen LogP contribution < -0.4 is 24.8 Å².